The lowest BCUT2D eigenvalue weighted by Crippen LogP contribution is -2.07. The summed E-state index contributed by atoms with van der Waals surface area (Å²) in [7, 11) is 1.82. The summed E-state index contributed by atoms with van der Waals surface area (Å²) in [5.74, 6) is -0.392. The third-order valence-electron chi connectivity index (χ3n) is 2.70. The van der Waals surface area contributed by atoms with Gasteiger partial charge >= 0.3 is 0 Å². The number of anilines is 1. The number of aryl methyl sites for hydroxylation is 2. The van der Waals surface area contributed by atoms with Crippen LogP contribution in [0.1, 0.15) is 11.4 Å². The van der Waals surface area contributed by atoms with Gasteiger partial charge in [0.2, 0.25) is 0 Å². The van der Waals surface area contributed by atoms with Crippen molar-refractivity contribution in [2.24, 2.45) is 7.05 Å². The van der Waals surface area contributed by atoms with Crippen LogP contribution in [0.25, 0.3) is 0 Å². The monoisotopic (exact) mass is 365 g/mol. The molecule has 0 saturated heterocycles. The van der Waals surface area contributed by atoms with E-state index in [2.05, 4.69) is 26.3 Å². The molecular formula is C12H11BrCl2FN3. The number of aromatic nitrogens is 2. The van der Waals surface area contributed by atoms with Gasteiger partial charge in [0.15, 0.2) is 0 Å². The highest BCUT2D eigenvalue weighted by molar-refractivity contribution is 9.10. The molecule has 0 aliphatic carbocycles. The van der Waals surface area contributed by atoms with E-state index >= 15 is 0 Å². The van der Waals surface area contributed by atoms with E-state index in [0.717, 1.165) is 11.4 Å². The van der Waals surface area contributed by atoms with Crippen molar-refractivity contribution in [1.82, 2.24) is 9.78 Å². The van der Waals surface area contributed by atoms with Gasteiger partial charge in [-0.05, 0) is 35.0 Å². The number of benzene rings is 1. The fourth-order valence-electron chi connectivity index (χ4n) is 1.76. The molecule has 0 saturated carbocycles. The molecule has 0 aliphatic rings. The van der Waals surface area contributed by atoms with Gasteiger partial charge in [-0.3, -0.25) is 4.68 Å². The molecule has 0 amide bonds. The van der Waals surface area contributed by atoms with Crippen LogP contribution in [0.15, 0.2) is 16.6 Å². The van der Waals surface area contributed by atoms with Crippen molar-refractivity contribution in [3.8, 4) is 0 Å². The summed E-state index contributed by atoms with van der Waals surface area (Å²) in [6.45, 7) is 2.28. The van der Waals surface area contributed by atoms with Crippen LogP contribution < -0.4 is 5.32 Å². The van der Waals surface area contributed by atoms with Crippen molar-refractivity contribution in [1.29, 1.82) is 0 Å². The van der Waals surface area contributed by atoms with Gasteiger partial charge in [0.1, 0.15) is 5.82 Å². The number of nitrogens with zero attached hydrogens (tertiary/aromatic N) is 2. The summed E-state index contributed by atoms with van der Waals surface area (Å²) >= 11 is 15.4. The minimum Gasteiger partial charge on any atom is -0.377 e. The largest absolute Gasteiger partial charge is 0.377 e. The van der Waals surface area contributed by atoms with Crippen LogP contribution >= 0.6 is 39.1 Å². The molecule has 0 radical (unpaired) electrons. The molecule has 0 atom stereocenters. The van der Waals surface area contributed by atoms with Crippen molar-refractivity contribution in [2.45, 2.75) is 13.5 Å². The Bertz CT molecular complexity index is 605. The van der Waals surface area contributed by atoms with Crippen molar-refractivity contribution >= 4 is 44.8 Å². The Kier molecular flexibility index (Phi) is 4.38. The summed E-state index contributed by atoms with van der Waals surface area (Å²) in [6.07, 6.45) is 0. The molecule has 0 fully saturated rings. The Morgan fingerprint density at radius 2 is 2.11 bits per heavy atom. The molecule has 3 nitrogen and oxygen atoms in total. The predicted molar refractivity (Wildman–Crippen MR) is 79.4 cm³/mol. The molecule has 1 aromatic carbocycles. The number of nitrogens with one attached hydrogen (secondary N) is 1. The number of hydrogen-bond donors (Lipinski definition) is 1. The first kappa shape index (κ1) is 14.6. The van der Waals surface area contributed by atoms with Gasteiger partial charge in [-0.1, -0.05) is 23.2 Å². The maximum Gasteiger partial charge on any atom is 0.125 e. The first-order chi connectivity index (χ1) is 8.90. The third-order valence-corrected chi connectivity index (χ3v) is 4.12. The van der Waals surface area contributed by atoms with Gasteiger partial charge in [0, 0.05) is 11.5 Å². The molecule has 102 valence electrons. The average Bonchev–Trinajstić information content (AvgIpc) is 2.53. The van der Waals surface area contributed by atoms with E-state index in [1.54, 1.807) is 4.68 Å². The molecule has 19 heavy (non-hydrogen) atoms. The Labute approximate surface area is 128 Å². The fourth-order valence-corrected chi connectivity index (χ4v) is 2.94. The second-order valence-corrected chi connectivity index (χ2v) is 5.71. The lowest BCUT2D eigenvalue weighted by molar-refractivity contribution is 0.627. The van der Waals surface area contributed by atoms with Gasteiger partial charge in [0.05, 0.1) is 33.7 Å². The van der Waals surface area contributed by atoms with Crippen LogP contribution in [0.4, 0.5) is 10.1 Å². The highest BCUT2D eigenvalue weighted by Gasteiger charge is 2.13. The van der Waals surface area contributed by atoms with E-state index < -0.39 is 5.82 Å². The molecule has 1 N–H and O–H groups in total. The second-order valence-electron chi connectivity index (χ2n) is 4.07. The van der Waals surface area contributed by atoms with Crippen LogP contribution in [-0.2, 0) is 13.6 Å². The van der Waals surface area contributed by atoms with Crippen molar-refractivity contribution in [3.63, 3.8) is 0 Å². The van der Waals surface area contributed by atoms with E-state index in [1.807, 2.05) is 14.0 Å². The molecule has 0 aliphatic heterocycles. The number of rotatable bonds is 3. The molecule has 0 unspecified atom stereocenters. The normalized spacial score (nSPS) is 10.8. The predicted octanol–water partition coefficient (Wildman–Crippen LogP) is 4.55. The average molecular weight is 367 g/mol. The fraction of sp³-hybridized carbons (Fsp3) is 0.250. The standard InChI is InChI=1S/C12H11BrCl2FN3/c1-6-11(15)10(19(2)18-6)5-17-12-8(13)3-7(16)4-9(12)14/h3-4,17H,5H2,1-2H3. The first-order valence-corrected chi connectivity index (χ1v) is 7.01. The first-order valence-electron chi connectivity index (χ1n) is 5.46. The molecule has 7 heteroatoms. The zero-order valence-corrected chi connectivity index (χ0v) is 13.4. The van der Waals surface area contributed by atoms with Gasteiger partial charge in [0.25, 0.3) is 0 Å². The van der Waals surface area contributed by atoms with E-state index in [1.165, 1.54) is 12.1 Å². The zero-order valence-electron chi connectivity index (χ0n) is 10.3. The zero-order chi connectivity index (χ0) is 14.2. The molecule has 1 heterocycles. The third kappa shape index (κ3) is 3.04. The summed E-state index contributed by atoms with van der Waals surface area (Å²) in [6, 6.07) is 2.61. The van der Waals surface area contributed by atoms with Gasteiger partial charge in [-0.25, -0.2) is 4.39 Å². The Hall–Kier alpha value is -0.780. The SMILES string of the molecule is Cc1nn(C)c(CNc2c(Cl)cc(F)cc2Br)c1Cl. The highest BCUT2D eigenvalue weighted by Crippen LogP contribution is 2.32. The number of hydrogen-bond acceptors (Lipinski definition) is 2. The summed E-state index contributed by atoms with van der Waals surface area (Å²) in [5, 5.41) is 8.27. The van der Waals surface area contributed by atoms with Crippen LogP contribution in [-0.4, -0.2) is 9.78 Å². The Balaban J connectivity index is 2.24. The molecule has 2 rings (SSSR count). The van der Waals surface area contributed by atoms with E-state index in [0.29, 0.717) is 26.8 Å². The van der Waals surface area contributed by atoms with Crippen molar-refractivity contribution < 1.29 is 4.39 Å². The molecule has 1 aromatic heterocycles. The smallest absolute Gasteiger partial charge is 0.125 e. The summed E-state index contributed by atoms with van der Waals surface area (Å²) in [4.78, 5) is 0. The molecule has 0 spiro atoms. The van der Waals surface area contributed by atoms with E-state index in [-0.39, 0.29) is 0 Å². The van der Waals surface area contributed by atoms with Crippen molar-refractivity contribution in [3.05, 3.63) is 43.9 Å². The van der Waals surface area contributed by atoms with E-state index in [4.69, 9.17) is 23.2 Å². The van der Waals surface area contributed by atoms with Crippen LogP contribution in [0.2, 0.25) is 10.0 Å². The minimum atomic E-state index is -0.392. The Morgan fingerprint density at radius 1 is 1.42 bits per heavy atom. The highest BCUT2D eigenvalue weighted by atomic mass is 79.9. The van der Waals surface area contributed by atoms with Crippen LogP contribution in [0.3, 0.4) is 0 Å². The van der Waals surface area contributed by atoms with Crippen molar-refractivity contribution in [2.75, 3.05) is 5.32 Å². The Morgan fingerprint density at radius 3 is 2.63 bits per heavy atom. The molecule has 2 aromatic rings. The van der Waals surface area contributed by atoms with Crippen LogP contribution in [0, 0.1) is 12.7 Å². The molecular weight excluding hydrogens is 356 g/mol. The van der Waals surface area contributed by atoms with Gasteiger partial charge in [-0.15, -0.1) is 0 Å². The van der Waals surface area contributed by atoms with E-state index in [9.17, 15) is 4.39 Å². The lowest BCUT2D eigenvalue weighted by atomic mass is 10.3. The maximum absolute atomic E-state index is 13.1. The maximum atomic E-state index is 13.1. The second kappa shape index (κ2) is 5.69. The minimum absolute atomic E-state index is 0.307. The molecule has 0 bridgehead atoms. The summed E-state index contributed by atoms with van der Waals surface area (Å²) < 4.78 is 15.4. The lowest BCUT2D eigenvalue weighted by Gasteiger charge is -2.11. The quantitative estimate of drug-likeness (QED) is 0.863. The summed E-state index contributed by atoms with van der Waals surface area (Å²) in [5.41, 5.74) is 2.23. The van der Waals surface area contributed by atoms with Gasteiger partial charge in [-0.2, -0.15) is 5.10 Å². The topological polar surface area (TPSA) is 29.9 Å². The number of halogens is 4. The van der Waals surface area contributed by atoms with Gasteiger partial charge < -0.3 is 5.32 Å². The van der Waals surface area contributed by atoms with Crippen LogP contribution in [0.5, 0.6) is 0 Å².